The van der Waals surface area contributed by atoms with E-state index in [9.17, 15) is 4.79 Å². The lowest BCUT2D eigenvalue weighted by Crippen LogP contribution is -2.49. The van der Waals surface area contributed by atoms with Crippen LogP contribution >= 0.6 is 0 Å². The summed E-state index contributed by atoms with van der Waals surface area (Å²) in [6.07, 6.45) is 2.68. The summed E-state index contributed by atoms with van der Waals surface area (Å²) in [6.45, 7) is 4.37. The molecule has 1 aliphatic rings. The SMILES string of the molecule is COCC(CCO)NC(=O)N1CCC(C)CC1. The van der Waals surface area contributed by atoms with Crippen molar-refractivity contribution in [2.75, 3.05) is 33.4 Å². The third kappa shape index (κ3) is 4.91. The summed E-state index contributed by atoms with van der Waals surface area (Å²) in [4.78, 5) is 13.8. The number of aliphatic hydroxyl groups excluding tert-OH is 1. The summed E-state index contributed by atoms with van der Waals surface area (Å²) in [5.41, 5.74) is 0. The number of likely N-dealkylation sites (tertiary alicyclic amines) is 1. The number of hydrogen-bond acceptors (Lipinski definition) is 3. The second kappa shape index (κ2) is 7.50. The van der Waals surface area contributed by atoms with Gasteiger partial charge in [0.05, 0.1) is 12.6 Å². The van der Waals surface area contributed by atoms with E-state index in [2.05, 4.69) is 12.2 Å². The molecule has 2 amide bonds. The molecule has 0 saturated carbocycles. The number of nitrogens with zero attached hydrogens (tertiary/aromatic N) is 1. The van der Waals surface area contributed by atoms with Crippen LogP contribution in [0.4, 0.5) is 4.79 Å². The van der Waals surface area contributed by atoms with E-state index < -0.39 is 0 Å². The standard InChI is InChI=1S/C12H24N2O3/c1-10-3-6-14(7-4-10)12(16)13-11(5-8-15)9-17-2/h10-11,15H,3-9H2,1-2H3,(H,13,16). The number of nitrogens with one attached hydrogen (secondary N) is 1. The number of aliphatic hydroxyl groups is 1. The van der Waals surface area contributed by atoms with Crippen LogP contribution in [-0.4, -0.2) is 55.5 Å². The minimum Gasteiger partial charge on any atom is -0.396 e. The Morgan fingerprint density at radius 3 is 2.71 bits per heavy atom. The molecule has 1 saturated heterocycles. The third-order valence-corrected chi connectivity index (χ3v) is 3.24. The first-order chi connectivity index (χ1) is 8.17. The normalized spacial score (nSPS) is 19.1. The van der Waals surface area contributed by atoms with Gasteiger partial charge in [-0.1, -0.05) is 6.92 Å². The summed E-state index contributed by atoms with van der Waals surface area (Å²) in [5.74, 6) is 0.714. The molecule has 1 rings (SSSR count). The van der Waals surface area contributed by atoms with E-state index in [0.29, 0.717) is 18.9 Å². The van der Waals surface area contributed by atoms with Crippen LogP contribution in [0.15, 0.2) is 0 Å². The molecule has 1 unspecified atom stereocenters. The second-order valence-electron chi connectivity index (χ2n) is 4.78. The molecule has 2 N–H and O–H groups in total. The van der Waals surface area contributed by atoms with Crippen LogP contribution in [0.1, 0.15) is 26.2 Å². The van der Waals surface area contributed by atoms with Gasteiger partial charge in [-0.3, -0.25) is 0 Å². The Balaban J connectivity index is 2.35. The first kappa shape index (κ1) is 14.3. The summed E-state index contributed by atoms with van der Waals surface area (Å²) >= 11 is 0. The number of methoxy groups -OCH3 is 1. The van der Waals surface area contributed by atoms with E-state index in [1.54, 1.807) is 7.11 Å². The molecule has 0 aromatic carbocycles. The largest absolute Gasteiger partial charge is 0.396 e. The lowest BCUT2D eigenvalue weighted by molar-refractivity contribution is 0.134. The first-order valence-electron chi connectivity index (χ1n) is 6.32. The quantitative estimate of drug-likeness (QED) is 0.753. The molecule has 5 nitrogen and oxygen atoms in total. The Bertz CT molecular complexity index is 222. The zero-order chi connectivity index (χ0) is 12.7. The number of hydrogen-bond donors (Lipinski definition) is 2. The first-order valence-corrected chi connectivity index (χ1v) is 6.32. The van der Waals surface area contributed by atoms with Gasteiger partial charge in [0, 0.05) is 26.8 Å². The van der Waals surface area contributed by atoms with E-state index in [0.717, 1.165) is 25.9 Å². The second-order valence-corrected chi connectivity index (χ2v) is 4.78. The molecular formula is C12H24N2O3. The molecule has 0 aromatic rings. The fourth-order valence-corrected chi connectivity index (χ4v) is 2.03. The maximum Gasteiger partial charge on any atom is 0.317 e. The van der Waals surface area contributed by atoms with Gasteiger partial charge in [0.15, 0.2) is 0 Å². The van der Waals surface area contributed by atoms with E-state index >= 15 is 0 Å². The molecule has 0 radical (unpaired) electrons. The highest BCUT2D eigenvalue weighted by molar-refractivity contribution is 5.74. The zero-order valence-corrected chi connectivity index (χ0v) is 10.8. The molecule has 17 heavy (non-hydrogen) atoms. The summed E-state index contributed by atoms with van der Waals surface area (Å²) in [5, 5.41) is 11.8. The monoisotopic (exact) mass is 244 g/mol. The highest BCUT2D eigenvalue weighted by atomic mass is 16.5. The molecule has 1 aliphatic heterocycles. The number of piperidine rings is 1. The molecule has 1 fully saturated rings. The van der Waals surface area contributed by atoms with Crippen molar-refractivity contribution in [2.24, 2.45) is 5.92 Å². The van der Waals surface area contributed by atoms with Crippen molar-refractivity contribution in [3.05, 3.63) is 0 Å². The Hall–Kier alpha value is -0.810. The third-order valence-electron chi connectivity index (χ3n) is 3.24. The van der Waals surface area contributed by atoms with Crippen LogP contribution < -0.4 is 5.32 Å². The Morgan fingerprint density at radius 1 is 1.53 bits per heavy atom. The van der Waals surface area contributed by atoms with Crippen molar-refractivity contribution in [3.8, 4) is 0 Å². The number of carbonyl (C=O) groups is 1. The van der Waals surface area contributed by atoms with Crippen molar-refractivity contribution >= 4 is 6.03 Å². The van der Waals surface area contributed by atoms with Crippen LogP contribution in [0, 0.1) is 5.92 Å². The molecule has 1 atom stereocenters. The predicted molar refractivity (Wildman–Crippen MR) is 65.9 cm³/mol. The van der Waals surface area contributed by atoms with Crippen LogP contribution in [0.2, 0.25) is 0 Å². The van der Waals surface area contributed by atoms with Crippen LogP contribution in [0.5, 0.6) is 0 Å². The summed E-state index contributed by atoms with van der Waals surface area (Å²) in [6, 6.07) is -0.135. The number of rotatable bonds is 5. The number of amides is 2. The van der Waals surface area contributed by atoms with Crippen molar-refractivity contribution in [2.45, 2.75) is 32.2 Å². The van der Waals surface area contributed by atoms with Gasteiger partial charge in [-0.2, -0.15) is 0 Å². The fraction of sp³-hybridized carbons (Fsp3) is 0.917. The molecule has 0 bridgehead atoms. The lowest BCUT2D eigenvalue weighted by Gasteiger charge is -2.31. The van der Waals surface area contributed by atoms with Gasteiger partial charge in [0.25, 0.3) is 0 Å². The Labute approximate surface area is 103 Å². The van der Waals surface area contributed by atoms with Crippen molar-refractivity contribution < 1.29 is 14.6 Å². The summed E-state index contributed by atoms with van der Waals surface area (Å²) < 4.78 is 5.02. The van der Waals surface area contributed by atoms with Gasteiger partial charge in [-0.05, 0) is 25.2 Å². The van der Waals surface area contributed by atoms with E-state index in [1.807, 2.05) is 4.90 Å². The average molecular weight is 244 g/mol. The molecule has 0 aromatic heterocycles. The highest BCUT2D eigenvalue weighted by Crippen LogP contribution is 2.15. The van der Waals surface area contributed by atoms with Crippen molar-refractivity contribution in [3.63, 3.8) is 0 Å². The highest BCUT2D eigenvalue weighted by Gasteiger charge is 2.22. The topological polar surface area (TPSA) is 61.8 Å². The zero-order valence-electron chi connectivity index (χ0n) is 10.8. The van der Waals surface area contributed by atoms with Gasteiger partial charge in [0.2, 0.25) is 0 Å². The van der Waals surface area contributed by atoms with Crippen molar-refractivity contribution in [1.82, 2.24) is 10.2 Å². The average Bonchev–Trinajstić information content (AvgIpc) is 2.30. The van der Waals surface area contributed by atoms with Crippen molar-refractivity contribution in [1.29, 1.82) is 0 Å². The fourth-order valence-electron chi connectivity index (χ4n) is 2.03. The molecular weight excluding hydrogens is 220 g/mol. The van der Waals surface area contributed by atoms with Gasteiger partial charge < -0.3 is 20.1 Å². The minimum atomic E-state index is -0.100. The van der Waals surface area contributed by atoms with E-state index in [-0.39, 0.29) is 18.7 Å². The van der Waals surface area contributed by atoms with Crippen LogP contribution in [0.25, 0.3) is 0 Å². The molecule has 0 spiro atoms. The maximum atomic E-state index is 11.9. The lowest BCUT2D eigenvalue weighted by atomic mass is 10.00. The van der Waals surface area contributed by atoms with E-state index in [1.165, 1.54) is 0 Å². The van der Waals surface area contributed by atoms with Gasteiger partial charge in [-0.25, -0.2) is 4.79 Å². The minimum absolute atomic E-state index is 0.0348. The molecule has 1 heterocycles. The molecule has 100 valence electrons. The number of urea groups is 1. The van der Waals surface area contributed by atoms with Crippen LogP contribution in [-0.2, 0) is 4.74 Å². The molecule has 5 heteroatoms. The van der Waals surface area contributed by atoms with E-state index in [4.69, 9.17) is 9.84 Å². The van der Waals surface area contributed by atoms with Gasteiger partial charge in [0.1, 0.15) is 0 Å². The predicted octanol–water partition coefficient (Wildman–Crippen LogP) is 0.825. The smallest absolute Gasteiger partial charge is 0.317 e. The Morgan fingerprint density at radius 2 is 2.18 bits per heavy atom. The van der Waals surface area contributed by atoms with Crippen LogP contribution in [0.3, 0.4) is 0 Å². The molecule has 0 aliphatic carbocycles. The summed E-state index contributed by atoms with van der Waals surface area (Å²) in [7, 11) is 1.60. The number of ether oxygens (including phenoxy) is 1. The van der Waals surface area contributed by atoms with Gasteiger partial charge >= 0.3 is 6.03 Å². The maximum absolute atomic E-state index is 11.9. The van der Waals surface area contributed by atoms with Gasteiger partial charge in [-0.15, -0.1) is 0 Å². The number of carbonyl (C=O) groups excluding carboxylic acids is 1. The Kier molecular flexibility index (Phi) is 6.29.